The summed E-state index contributed by atoms with van der Waals surface area (Å²) >= 11 is 0. The van der Waals surface area contributed by atoms with Gasteiger partial charge in [0.25, 0.3) is 0 Å². The van der Waals surface area contributed by atoms with Crippen molar-refractivity contribution in [3.8, 4) is 28.2 Å². The highest BCUT2D eigenvalue weighted by Crippen LogP contribution is 2.42. The molecule has 208 valence electrons. The van der Waals surface area contributed by atoms with Crippen molar-refractivity contribution in [2.24, 2.45) is 0 Å². The lowest BCUT2D eigenvalue weighted by Crippen LogP contribution is -2.19. The average molecular weight is 556 g/mol. The van der Waals surface area contributed by atoms with E-state index in [4.69, 9.17) is 9.15 Å². The number of hydrogen-bond acceptors (Lipinski definition) is 6. The van der Waals surface area contributed by atoms with Crippen LogP contribution >= 0.6 is 0 Å². The van der Waals surface area contributed by atoms with Gasteiger partial charge in [-0.3, -0.25) is 0 Å². The van der Waals surface area contributed by atoms with Gasteiger partial charge in [-0.15, -0.1) is 0 Å². The van der Waals surface area contributed by atoms with E-state index in [1.807, 2.05) is 72.8 Å². The molecule has 0 aliphatic rings. The van der Waals surface area contributed by atoms with Crippen molar-refractivity contribution in [1.29, 1.82) is 0 Å². The molecule has 0 aliphatic carbocycles. The summed E-state index contributed by atoms with van der Waals surface area (Å²) in [6.07, 6.45) is 2.28. The number of carbonyl (C=O) groups excluding carboxylic acids is 1. The van der Waals surface area contributed by atoms with Crippen molar-refractivity contribution in [2.75, 3.05) is 29.6 Å². The second-order valence-electron chi connectivity index (χ2n) is 9.62. The number of hydrogen-bond donors (Lipinski definition) is 3. The Morgan fingerprint density at radius 2 is 1.38 bits per heavy atom. The van der Waals surface area contributed by atoms with E-state index in [-0.39, 0.29) is 6.03 Å². The maximum Gasteiger partial charge on any atom is 0.323 e. The Morgan fingerprint density at radius 1 is 0.762 bits per heavy atom. The first-order chi connectivity index (χ1) is 20.7. The van der Waals surface area contributed by atoms with Crippen LogP contribution in [0.3, 0.4) is 0 Å². The van der Waals surface area contributed by atoms with Crippen molar-refractivity contribution >= 4 is 34.3 Å². The highest BCUT2D eigenvalue weighted by atomic mass is 16.5. The number of furan rings is 1. The van der Waals surface area contributed by atoms with Gasteiger partial charge >= 0.3 is 6.03 Å². The van der Waals surface area contributed by atoms with E-state index in [2.05, 4.69) is 38.1 Å². The van der Waals surface area contributed by atoms with Gasteiger partial charge < -0.3 is 25.1 Å². The number of nitrogens with one attached hydrogen (secondary N) is 3. The summed E-state index contributed by atoms with van der Waals surface area (Å²) < 4.78 is 11.5. The van der Waals surface area contributed by atoms with Crippen LogP contribution in [0, 0.1) is 0 Å². The maximum atomic E-state index is 12.4. The lowest BCUT2D eigenvalue weighted by molar-refractivity contribution is 0.262. The molecule has 4 aromatic carbocycles. The third kappa shape index (κ3) is 5.93. The van der Waals surface area contributed by atoms with Crippen LogP contribution in [-0.4, -0.2) is 29.7 Å². The third-order valence-electron chi connectivity index (χ3n) is 6.85. The average Bonchev–Trinajstić information content (AvgIpc) is 3.44. The summed E-state index contributed by atoms with van der Waals surface area (Å²) in [6.45, 7) is 0.650. The molecule has 6 aromatic rings. The standard InChI is InChI=1S/C34H29N5O3/c1-41-28-18-16-27(17-19-28)39-34(40)38-26-14-12-23(13-15-26)20-21-35-32-30-29(24-8-4-2-5-9-24)31(25-10-6-3-7-11-25)42-33(30)37-22-36-32/h2-19,22H,20-21H2,1H3,(H,35,36,37)(H2,38,39,40). The van der Waals surface area contributed by atoms with Gasteiger partial charge in [0.05, 0.1) is 12.5 Å². The minimum atomic E-state index is -0.313. The third-order valence-corrected chi connectivity index (χ3v) is 6.85. The second-order valence-corrected chi connectivity index (χ2v) is 9.62. The molecule has 0 aliphatic heterocycles. The number of fused-ring (bicyclic) bond motifs is 1. The Balaban J connectivity index is 1.14. The second kappa shape index (κ2) is 12.3. The number of ether oxygens (including phenoxy) is 1. The molecule has 0 unspecified atom stereocenters. The highest BCUT2D eigenvalue weighted by molar-refractivity contribution is 6.05. The Hall–Kier alpha value is -5.63. The zero-order chi connectivity index (χ0) is 28.7. The smallest absolute Gasteiger partial charge is 0.323 e. The molecule has 8 nitrogen and oxygen atoms in total. The van der Waals surface area contributed by atoms with E-state index in [0.717, 1.165) is 51.4 Å². The first-order valence-corrected chi connectivity index (χ1v) is 13.6. The van der Waals surface area contributed by atoms with Crippen LogP contribution in [0.5, 0.6) is 5.75 Å². The number of rotatable bonds is 9. The number of carbonyl (C=O) groups is 1. The summed E-state index contributed by atoms with van der Waals surface area (Å²) in [6, 6.07) is 34.8. The van der Waals surface area contributed by atoms with E-state index in [0.29, 0.717) is 23.6 Å². The summed E-state index contributed by atoms with van der Waals surface area (Å²) in [4.78, 5) is 21.4. The molecular formula is C34H29N5O3. The lowest BCUT2D eigenvalue weighted by Gasteiger charge is -2.10. The minimum Gasteiger partial charge on any atom is -0.497 e. The first-order valence-electron chi connectivity index (χ1n) is 13.6. The van der Waals surface area contributed by atoms with Gasteiger partial charge in [0, 0.05) is 29.0 Å². The van der Waals surface area contributed by atoms with E-state index >= 15 is 0 Å². The zero-order valence-electron chi connectivity index (χ0n) is 23.0. The van der Waals surface area contributed by atoms with Crippen LogP contribution in [0.25, 0.3) is 33.6 Å². The molecule has 2 aromatic heterocycles. The topological polar surface area (TPSA) is 101 Å². The van der Waals surface area contributed by atoms with Crippen molar-refractivity contribution in [2.45, 2.75) is 6.42 Å². The number of amides is 2. The lowest BCUT2D eigenvalue weighted by atomic mass is 9.99. The van der Waals surface area contributed by atoms with Gasteiger partial charge in [-0.1, -0.05) is 72.8 Å². The van der Waals surface area contributed by atoms with E-state index in [9.17, 15) is 4.79 Å². The minimum absolute atomic E-state index is 0.313. The molecule has 0 spiro atoms. The molecule has 6 rings (SSSR count). The largest absolute Gasteiger partial charge is 0.497 e. The van der Waals surface area contributed by atoms with E-state index < -0.39 is 0 Å². The summed E-state index contributed by atoms with van der Waals surface area (Å²) in [7, 11) is 1.60. The van der Waals surface area contributed by atoms with Crippen LogP contribution in [0.2, 0.25) is 0 Å². The van der Waals surface area contributed by atoms with Crippen LogP contribution < -0.4 is 20.7 Å². The summed E-state index contributed by atoms with van der Waals surface area (Å²) in [5.74, 6) is 2.21. The summed E-state index contributed by atoms with van der Waals surface area (Å²) in [5.41, 5.74) is 6.01. The summed E-state index contributed by atoms with van der Waals surface area (Å²) in [5, 5.41) is 10.0. The van der Waals surface area contributed by atoms with Gasteiger partial charge in [0.2, 0.25) is 5.71 Å². The fourth-order valence-electron chi connectivity index (χ4n) is 4.79. The Bertz CT molecular complexity index is 1790. The molecule has 8 heteroatoms. The van der Waals surface area contributed by atoms with Gasteiger partial charge in [-0.05, 0) is 53.9 Å². The van der Waals surface area contributed by atoms with Crippen LogP contribution in [0.1, 0.15) is 5.56 Å². The molecule has 2 heterocycles. The fraction of sp³-hybridized carbons (Fsp3) is 0.0882. The van der Waals surface area contributed by atoms with Crippen LogP contribution in [0.15, 0.2) is 120 Å². The number of benzene rings is 4. The van der Waals surface area contributed by atoms with Crippen molar-refractivity contribution < 1.29 is 13.9 Å². The molecule has 0 atom stereocenters. The number of methoxy groups -OCH3 is 1. The number of anilines is 3. The molecule has 0 fully saturated rings. The SMILES string of the molecule is COc1ccc(NC(=O)Nc2ccc(CCNc3ncnc4oc(-c5ccccc5)c(-c5ccccc5)c34)cc2)cc1. The normalized spacial score (nSPS) is 10.8. The molecule has 0 saturated carbocycles. The van der Waals surface area contributed by atoms with Crippen molar-refractivity contribution in [3.05, 3.63) is 121 Å². The molecular weight excluding hydrogens is 526 g/mol. The van der Waals surface area contributed by atoms with Gasteiger partial charge in [-0.25, -0.2) is 14.8 Å². The fourth-order valence-corrected chi connectivity index (χ4v) is 4.79. The Kier molecular flexibility index (Phi) is 7.76. The van der Waals surface area contributed by atoms with E-state index in [1.165, 1.54) is 6.33 Å². The number of aromatic nitrogens is 2. The van der Waals surface area contributed by atoms with Gasteiger partial charge in [-0.2, -0.15) is 0 Å². The van der Waals surface area contributed by atoms with Crippen LogP contribution in [-0.2, 0) is 6.42 Å². The van der Waals surface area contributed by atoms with Gasteiger partial charge in [0.15, 0.2) is 0 Å². The maximum absolute atomic E-state index is 12.4. The van der Waals surface area contributed by atoms with Gasteiger partial charge in [0.1, 0.15) is 23.7 Å². The number of nitrogens with zero attached hydrogens (tertiary/aromatic N) is 2. The van der Waals surface area contributed by atoms with Crippen LogP contribution in [0.4, 0.5) is 22.0 Å². The van der Waals surface area contributed by atoms with Crippen molar-refractivity contribution in [3.63, 3.8) is 0 Å². The first kappa shape index (κ1) is 26.6. The zero-order valence-corrected chi connectivity index (χ0v) is 23.0. The monoisotopic (exact) mass is 555 g/mol. The van der Waals surface area contributed by atoms with Crippen molar-refractivity contribution in [1.82, 2.24) is 9.97 Å². The van der Waals surface area contributed by atoms with E-state index in [1.54, 1.807) is 31.4 Å². The quantitative estimate of drug-likeness (QED) is 0.168. The molecule has 0 bridgehead atoms. The Labute approximate surface area is 243 Å². The predicted molar refractivity (Wildman–Crippen MR) is 167 cm³/mol. The Morgan fingerprint density at radius 3 is 2.02 bits per heavy atom. The molecule has 3 N–H and O–H groups in total. The molecule has 0 radical (unpaired) electrons. The molecule has 0 saturated heterocycles. The number of urea groups is 1. The molecule has 42 heavy (non-hydrogen) atoms. The predicted octanol–water partition coefficient (Wildman–Crippen LogP) is 7.86. The molecule has 2 amide bonds. The highest BCUT2D eigenvalue weighted by Gasteiger charge is 2.21.